The van der Waals surface area contributed by atoms with E-state index in [2.05, 4.69) is 31.5 Å². The first kappa shape index (κ1) is 88.2. The van der Waals surface area contributed by atoms with Gasteiger partial charge in [-0.15, -0.1) is 0 Å². The van der Waals surface area contributed by atoms with Crippen LogP contribution in [0.1, 0.15) is 169 Å². The number of ether oxygens (including phenoxy) is 3. The van der Waals surface area contributed by atoms with Crippen molar-refractivity contribution in [1.29, 1.82) is 0 Å². The fourth-order valence-corrected chi connectivity index (χ4v) is 13.0. The van der Waals surface area contributed by atoms with Crippen LogP contribution >= 0.6 is 0 Å². The Morgan fingerprint density at radius 1 is 0.485 bits per heavy atom. The summed E-state index contributed by atoms with van der Waals surface area (Å²) in [6, 6.07) is -5.10. The number of hydrogen-bond acceptors (Lipinski definition) is 16. The van der Waals surface area contributed by atoms with Crippen molar-refractivity contribution in [3.8, 4) is 5.75 Å². The number of carbonyl (C=O) groups is 11. The second-order valence-electron chi connectivity index (χ2n) is 29.9. The number of nitrogens with zero attached hydrogens (tertiary/aromatic N) is 7. The average Bonchev–Trinajstić information content (AvgIpc) is 0.820. The van der Waals surface area contributed by atoms with E-state index in [1.807, 2.05) is 71.9 Å². The number of aliphatic hydroxyl groups excluding tert-OH is 1. The third-order valence-electron chi connectivity index (χ3n) is 19.5. The number of hydrogen-bond donors (Lipinski definition) is 6. The smallest absolute Gasteiger partial charge is 0.246 e. The molecule has 27 nitrogen and oxygen atoms in total. The van der Waals surface area contributed by atoms with Crippen LogP contribution in [0.25, 0.3) is 0 Å². The fraction of sp³-hybridized carbons (Fsp3) is 0.770. The predicted molar refractivity (Wildman–Crippen MR) is 387 cm³/mol. The highest BCUT2D eigenvalue weighted by atomic mass is 16.5. The van der Waals surface area contributed by atoms with Gasteiger partial charge in [0.1, 0.15) is 72.2 Å². The Kier molecular flexibility index (Phi) is 37.2. The van der Waals surface area contributed by atoms with Crippen molar-refractivity contribution < 1.29 is 72.1 Å². The summed E-state index contributed by atoms with van der Waals surface area (Å²) < 4.78 is 17.8. The lowest BCUT2D eigenvalue weighted by atomic mass is 9.91. The van der Waals surface area contributed by atoms with Crippen LogP contribution in [0, 0.1) is 35.5 Å². The molecule has 574 valence electrons. The lowest BCUT2D eigenvalue weighted by molar-refractivity contribution is -0.154. The summed E-state index contributed by atoms with van der Waals surface area (Å²) in [6.07, 6.45) is 0.702. The summed E-state index contributed by atoms with van der Waals surface area (Å²) in [5.41, 5.74) is 0. The first-order valence-electron chi connectivity index (χ1n) is 36.7. The Morgan fingerprint density at radius 3 is 1.52 bits per heavy atom. The molecule has 27 heteroatoms. The minimum atomic E-state index is -1.71. The molecule has 0 unspecified atom stereocenters. The number of morpholine rings is 1. The van der Waals surface area contributed by atoms with Gasteiger partial charge in [0.15, 0.2) is 0 Å². The molecule has 101 heavy (non-hydrogen) atoms. The van der Waals surface area contributed by atoms with Gasteiger partial charge in [0.25, 0.3) is 0 Å². The van der Waals surface area contributed by atoms with Crippen molar-refractivity contribution >= 4 is 65.0 Å². The van der Waals surface area contributed by atoms with E-state index >= 15 is 28.8 Å². The van der Waals surface area contributed by atoms with Crippen molar-refractivity contribution in [3.05, 3.63) is 30.3 Å². The lowest BCUT2D eigenvalue weighted by Crippen LogP contribution is -2.64. The molecule has 2 aliphatic rings. The van der Waals surface area contributed by atoms with Crippen molar-refractivity contribution in [2.75, 3.05) is 88.3 Å². The number of aliphatic hydroxyl groups is 1. The summed E-state index contributed by atoms with van der Waals surface area (Å²) in [7, 11) is 8.53. The van der Waals surface area contributed by atoms with E-state index in [1.54, 1.807) is 48.5 Å². The van der Waals surface area contributed by atoms with Gasteiger partial charge in [-0.3, -0.25) is 57.6 Å². The van der Waals surface area contributed by atoms with Gasteiger partial charge in [0.2, 0.25) is 65.0 Å². The van der Waals surface area contributed by atoms with E-state index in [1.165, 1.54) is 87.6 Å². The molecule has 2 aliphatic heterocycles. The molecule has 3 rings (SSSR count). The van der Waals surface area contributed by atoms with Gasteiger partial charge in [-0.1, -0.05) is 101 Å². The van der Waals surface area contributed by atoms with Crippen LogP contribution in [0.2, 0.25) is 0 Å². The molecular formula is C74H128N12O15. The Bertz CT molecular complexity index is 2840. The van der Waals surface area contributed by atoms with Gasteiger partial charge in [-0.25, -0.2) is 0 Å². The Morgan fingerprint density at radius 2 is 0.980 bits per heavy atom. The minimum Gasteiger partial charge on any atom is -0.494 e. The van der Waals surface area contributed by atoms with E-state index in [-0.39, 0.29) is 50.0 Å². The molecule has 6 N–H and O–H groups in total. The van der Waals surface area contributed by atoms with E-state index in [0.29, 0.717) is 51.3 Å². The maximum Gasteiger partial charge on any atom is 0.246 e. The number of amides is 11. The highest BCUT2D eigenvalue weighted by Crippen LogP contribution is 2.25. The average molecular weight is 1430 g/mol. The van der Waals surface area contributed by atoms with Gasteiger partial charge < -0.3 is 75.3 Å². The molecule has 1 aromatic carbocycles. The van der Waals surface area contributed by atoms with Crippen LogP contribution in [0.15, 0.2) is 30.3 Å². The zero-order valence-electron chi connectivity index (χ0n) is 65.0. The SMILES string of the molecule is CC[C@@H]1NC(=O)[C@H]([C@H](O)[C@H](C)CCCCOc2ccccc2)NC(=O)[C@H](C(C)C)N(C)C(=O)[C@H](CC(C)C)N(C)C(=O)[C@H](CC(C)C)N(C)C(=O)[C@@H](C)NC(=O)[C@H](C)NC(=O)[C@H](CC(C)C)N(C)C(=O)[C@H](C(C)C)NC(=O)[C@H]([C@@H](C)OCCCCN2CCOCC2)N(C)C(=O)[C@@H](C)N(C)C1=O. The summed E-state index contributed by atoms with van der Waals surface area (Å²) in [5, 5.41) is 26.2. The maximum absolute atomic E-state index is 15.2. The van der Waals surface area contributed by atoms with Crippen LogP contribution < -0.4 is 31.3 Å². The standard InChI is InChI=1S/C74H128N12O15/c1-23-55-71(95)80(17)52(15)70(94)85(22)62(53(16)100-37-30-28-34-86-35-39-99-40-36-86)68(92)78-59(47(8)9)74(98)81(18)56(41-44(2)3)65(89)75-50(13)64(88)76-51(14)69(93)82(19)57(42-45(4)5)72(96)83(20)58(43-46(6)7)73(97)84(21)61(48(10)11)67(91)79-60(66(90)77-55)63(87)49(12)31-27-29-38-101-54-32-25-24-26-33-54/h24-26,32-33,44-53,55-63,87H,23,27-31,34-43H2,1-22H3,(H,75,89)(H,76,88)(H,77,90)(H,78,92)(H,79,91)/t49-,50+,51-,52-,53-,55+,56+,57+,58+,59+,60+,61+,62+,63-/m1/s1. The van der Waals surface area contributed by atoms with Gasteiger partial charge in [0, 0.05) is 62.0 Å². The topological polar surface area (TPSA) is 319 Å². The van der Waals surface area contributed by atoms with Crippen molar-refractivity contribution in [3.63, 3.8) is 0 Å². The van der Waals surface area contributed by atoms with E-state index in [0.717, 1.165) is 31.0 Å². The molecule has 0 spiro atoms. The first-order valence-corrected chi connectivity index (χ1v) is 36.7. The van der Waals surface area contributed by atoms with Crippen LogP contribution in [0.3, 0.4) is 0 Å². The third kappa shape index (κ3) is 26.4. The van der Waals surface area contributed by atoms with Gasteiger partial charge in [-0.2, -0.15) is 0 Å². The second kappa shape index (κ2) is 42.6. The second-order valence-corrected chi connectivity index (χ2v) is 29.9. The maximum atomic E-state index is 15.2. The quantitative estimate of drug-likeness (QED) is 0.0795. The lowest BCUT2D eigenvalue weighted by Gasteiger charge is -2.40. The molecule has 14 atom stereocenters. The van der Waals surface area contributed by atoms with E-state index in [4.69, 9.17) is 14.2 Å². The minimum absolute atomic E-state index is 0.0238. The highest BCUT2D eigenvalue weighted by molar-refractivity contribution is 6.00. The van der Waals surface area contributed by atoms with Gasteiger partial charge in [-0.05, 0) is 140 Å². The van der Waals surface area contributed by atoms with E-state index < -0.39 is 161 Å². The number of rotatable bonds is 24. The Labute approximate surface area is 602 Å². The number of likely N-dealkylation sites (N-methyl/N-ethyl adjacent to an activating group) is 6. The molecule has 0 saturated carbocycles. The fourth-order valence-electron chi connectivity index (χ4n) is 13.0. The first-order chi connectivity index (χ1) is 47.3. The van der Waals surface area contributed by atoms with Gasteiger partial charge in [0.05, 0.1) is 32.0 Å². The summed E-state index contributed by atoms with van der Waals surface area (Å²) in [4.78, 5) is 173. The molecule has 0 bridgehead atoms. The third-order valence-corrected chi connectivity index (χ3v) is 19.5. The Balaban J connectivity index is 2.28. The summed E-state index contributed by atoms with van der Waals surface area (Å²) in [6.45, 7) is 31.7. The number of nitrogens with one attached hydrogen (secondary N) is 5. The molecular weight excluding hydrogens is 1300 g/mol. The monoisotopic (exact) mass is 1420 g/mol. The zero-order chi connectivity index (χ0) is 76.4. The van der Waals surface area contributed by atoms with Crippen molar-refractivity contribution in [1.82, 2.24) is 60.9 Å². The predicted octanol–water partition coefficient (Wildman–Crippen LogP) is 4.07. The number of carbonyl (C=O) groups excluding carboxylic acids is 11. The normalized spacial score (nSPS) is 26.4. The molecule has 1 aromatic rings. The molecule has 2 fully saturated rings. The van der Waals surface area contributed by atoms with Crippen LogP contribution in [0.5, 0.6) is 5.75 Å². The highest BCUT2D eigenvalue weighted by Gasteiger charge is 2.45. The largest absolute Gasteiger partial charge is 0.494 e. The van der Waals surface area contributed by atoms with Crippen molar-refractivity contribution in [2.45, 2.75) is 247 Å². The van der Waals surface area contributed by atoms with Crippen molar-refractivity contribution in [2.24, 2.45) is 35.5 Å². The van der Waals surface area contributed by atoms with Crippen LogP contribution in [0.4, 0.5) is 0 Å². The molecule has 0 aromatic heterocycles. The number of para-hydroxylation sites is 1. The van der Waals surface area contributed by atoms with Crippen LogP contribution in [-0.4, -0.2) is 271 Å². The molecule has 0 radical (unpaired) electrons. The molecule has 11 amide bonds. The zero-order valence-corrected chi connectivity index (χ0v) is 65.0. The molecule has 0 aliphatic carbocycles. The summed E-state index contributed by atoms with van der Waals surface area (Å²) >= 11 is 0. The van der Waals surface area contributed by atoms with Crippen LogP contribution in [-0.2, 0) is 62.2 Å². The van der Waals surface area contributed by atoms with E-state index in [9.17, 15) is 29.1 Å². The number of benzene rings is 1. The molecule has 2 saturated heterocycles. The molecule has 2 heterocycles. The summed E-state index contributed by atoms with van der Waals surface area (Å²) in [5.74, 6) is -9.61. The van der Waals surface area contributed by atoms with Gasteiger partial charge >= 0.3 is 0 Å². The Hall–Kier alpha value is -6.97. The number of unbranched alkanes of at least 4 members (excludes halogenated alkanes) is 2.